The zero-order valence-electron chi connectivity index (χ0n) is 17.0. The molecule has 1 aliphatic heterocycles. The molecule has 0 aliphatic carbocycles. The molecule has 2 aromatic rings. The average Bonchev–Trinajstić information content (AvgIpc) is 2.66. The number of hydrogen-bond acceptors (Lipinski definition) is 3. The maximum Gasteiger partial charge on any atom is 0.416 e. The van der Waals surface area contributed by atoms with Crippen LogP contribution in [0.15, 0.2) is 30.5 Å². The third-order valence-electron chi connectivity index (χ3n) is 5.64. The summed E-state index contributed by atoms with van der Waals surface area (Å²) < 4.78 is 39.2. The minimum absolute atomic E-state index is 0.311. The van der Waals surface area contributed by atoms with E-state index in [2.05, 4.69) is 35.7 Å². The maximum atomic E-state index is 13.1. The number of alkyl halides is 3. The van der Waals surface area contributed by atoms with Gasteiger partial charge in [-0.2, -0.15) is 13.2 Å². The second-order valence-corrected chi connectivity index (χ2v) is 8.32. The third-order valence-corrected chi connectivity index (χ3v) is 5.64. The largest absolute Gasteiger partial charge is 0.416 e. The summed E-state index contributed by atoms with van der Waals surface area (Å²) in [4.78, 5) is 8.97. The Morgan fingerprint density at radius 3 is 2.46 bits per heavy atom. The van der Waals surface area contributed by atoms with Crippen LogP contribution in [0, 0.1) is 5.92 Å². The normalized spacial score (nSPS) is 17.2. The number of fused-ring (bicyclic) bond motifs is 1. The first kappa shape index (κ1) is 20.9. The predicted molar refractivity (Wildman–Crippen MR) is 109 cm³/mol. The molecule has 0 spiro atoms. The van der Waals surface area contributed by atoms with Gasteiger partial charge in [-0.05, 0) is 56.5 Å². The molecule has 1 unspecified atom stereocenters. The summed E-state index contributed by atoms with van der Waals surface area (Å²) >= 11 is 0. The number of hydrogen-bond donors (Lipinski definition) is 0. The first-order valence-corrected chi connectivity index (χ1v) is 10.2. The lowest BCUT2D eigenvalue weighted by Crippen LogP contribution is -2.44. The van der Waals surface area contributed by atoms with Crippen molar-refractivity contribution in [2.45, 2.75) is 51.7 Å². The molecule has 1 aromatic heterocycles. The number of benzene rings is 1. The summed E-state index contributed by atoms with van der Waals surface area (Å²) in [5.74, 6) is 0.544. The molecule has 6 heteroatoms. The fourth-order valence-corrected chi connectivity index (χ4v) is 4.15. The monoisotopic (exact) mass is 393 g/mol. The molecule has 0 amide bonds. The van der Waals surface area contributed by atoms with Crippen molar-refractivity contribution >= 4 is 16.6 Å². The Balaban J connectivity index is 1.90. The number of aromatic nitrogens is 1. The first-order valence-electron chi connectivity index (χ1n) is 10.2. The van der Waals surface area contributed by atoms with Gasteiger partial charge in [-0.25, -0.2) is 0 Å². The molecule has 0 saturated carbocycles. The van der Waals surface area contributed by atoms with Gasteiger partial charge in [0.05, 0.1) is 11.1 Å². The Morgan fingerprint density at radius 2 is 1.82 bits per heavy atom. The zero-order valence-corrected chi connectivity index (χ0v) is 17.0. The fourth-order valence-electron chi connectivity index (χ4n) is 4.15. The maximum absolute atomic E-state index is 13.1. The van der Waals surface area contributed by atoms with Crippen molar-refractivity contribution < 1.29 is 13.2 Å². The number of piperidine rings is 1. The highest BCUT2D eigenvalue weighted by atomic mass is 19.4. The van der Waals surface area contributed by atoms with E-state index < -0.39 is 11.7 Å². The molecule has 1 saturated heterocycles. The molecule has 0 N–H and O–H groups in total. The van der Waals surface area contributed by atoms with E-state index in [9.17, 15) is 13.2 Å². The second-order valence-electron chi connectivity index (χ2n) is 8.32. The number of anilines is 1. The minimum atomic E-state index is -4.35. The summed E-state index contributed by atoms with van der Waals surface area (Å²) in [6, 6.07) is 6.09. The zero-order chi connectivity index (χ0) is 20.3. The quantitative estimate of drug-likeness (QED) is 0.638. The molecule has 0 bridgehead atoms. The molecule has 1 atom stereocenters. The molecular formula is C22H30F3N3. The molecule has 1 aromatic carbocycles. The molecule has 154 valence electrons. The Labute approximate surface area is 165 Å². The van der Waals surface area contributed by atoms with Crippen LogP contribution in [0.2, 0.25) is 0 Å². The SMILES string of the molecule is CC(C)CC(CN1CCCCC1)N(C)c1ccnc2cc(C(F)(F)F)ccc12. The van der Waals surface area contributed by atoms with Gasteiger partial charge in [0.15, 0.2) is 0 Å². The summed E-state index contributed by atoms with van der Waals surface area (Å²) in [5, 5.41) is 0.769. The van der Waals surface area contributed by atoms with Gasteiger partial charge in [0.25, 0.3) is 0 Å². The van der Waals surface area contributed by atoms with E-state index in [0.717, 1.165) is 49.3 Å². The van der Waals surface area contributed by atoms with Crippen molar-refractivity contribution in [1.29, 1.82) is 0 Å². The highest BCUT2D eigenvalue weighted by molar-refractivity contribution is 5.92. The summed E-state index contributed by atoms with van der Waals surface area (Å²) in [7, 11) is 2.06. The van der Waals surface area contributed by atoms with Crippen LogP contribution in [0.3, 0.4) is 0 Å². The number of halogens is 3. The standard InChI is InChI=1S/C22H30F3N3/c1-16(2)13-18(15-28-11-5-4-6-12-28)27(3)21-9-10-26-20-14-17(22(23,24)25)7-8-19(20)21/h7-10,14,16,18H,4-6,11-13,15H2,1-3H3. The van der Waals surface area contributed by atoms with Crippen LogP contribution in [0.4, 0.5) is 18.9 Å². The Kier molecular flexibility index (Phi) is 6.48. The lowest BCUT2D eigenvalue weighted by Gasteiger charge is -2.37. The molecule has 28 heavy (non-hydrogen) atoms. The number of likely N-dealkylation sites (tertiary alicyclic amines) is 1. The van der Waals surface area contributed by atoms with Gasteiger partial charge in [0.2, 0.25) is 0 Å². The molecule has 1 aliphatic rings. The van der Waals surface area contributed by atoms with Crippen molar-refractivity contribution in [2.75, 3.05) is 31.6 Å². The van der Waals surface area contributed by atoms with E-state index in [0.29, 0.717) is 17.5 Å². The Morgan fingerprint density at radius 1 is 1.11 bits per heavy atom. The first-order chi connectivity index (χ1) is 13.3. The van der Waals surface area contributed by atoms with Gasteiger partial charge < -0.3 is 9.80 Å². The number of pyridine rings is 1. The predicted octanol–water partition coefficient (Wildman–Crippen LogP) is 5.59. The number of nitrogens with zero attached hydrogens (tertiary/aromatic N) is 3. The van der Waals surface area contributed by atoms with Gasteiger partial charge in [-0.15, -0.1) is 0 Å². The lowest BCUT2D eigenvalue weighted by atomic mass is 9.99. The van der Waals surface area contributed by atoms with Crippen molar-refractivity contribution in [2.24, 2.45) is 5.92 Å². The Bertz CT molecular complexity index is 782. The highest BCUT2D eigenvalue weighted by Crippen LogP contribution is 2.34. The van der Waals surface area contributed by atoms with Crippen LogP contribution >= 0.6 is 0 Å². The third kappa shape index (κ3) is 4.96. The molecule has 2 heterocycles. The van der Waals surface area contributed by atoms with E-state index in [-0.39, 0.29) is 0 Å². The molecular weight excluding hydrogens is 363 g/mol. The number of rotatable bonds is 6. The van der Waals surface area contributed by atoms with E-state index in [4.69, 9.17) is 0 Å². The van der Waals surface area contributed by atoms with Crippen LogP contribution in [-0.2, 0) is 6.18 Å². The summed E-state index contributed by atoms with van der Waals surface area (Å²) in [5.41, 5.74) is 0.682. The Hall–Kier alpha value is -1.82. The van der Waals surface area contributed by atoms with E-state index >= 15 is 0 Å². The molecule has 3 rings (SSSR count). The van der Waals surface area contributed by atoms with Crippen molar-refractivity contribution in [3.8, 4) is 0 Å². The van der Waals surface area contributed by atoms with Crippen LogP contribution in [0.5, 0.6) is 0 Å². The molecule has 1 fully saturated rings. The van der Waals surface area contributed by atoms with Gasteiger partial charge in [0.1, 0.15) is 0 Å². The van der Waals surface area contributed by atoms with Gasteiger partial charge >= 0.3 is 6.18 Å². The molecule has 0 radical (unpaired) electrons. The fraction of sp³-hybridized carbons (Fsp3) is 0.591. The van der Waals surface area contributed by atoms with Gasteiger partial charge in [-0.3, -0.25) is 4.98 Å². The minimum Gasteiger partial charge on any atom is -0.370 e. The average molecular weight is 393 g/mol. The van der Waals surface area contributed by atoms with Crippen LogP contribution < -0.4 is 4.90 Å². The van der Waals surface area contributed by atoms with E-state index in [1.165, 1.54) is 19.3 Å². The molecule has 3 nitrogen and oxygen atoms in total. The van der Waals surface area contributed by atoms with Crippen molar-refractivity contribution in [3.05, 3.63) is 36.0 Å². The summed E-state index contributed by atoms with van der Waals surface area (Å²) in [6.07, 6.45) is 2.09. The van der Waals surface area contributed by atoms with Gasteiger partial charge in [-0.1, -0.05) is 26.3 Å². The van der Waals surface area contributed by atoms with Crippen molar-refractivity contribution in [1.82, 2.24) is 9.88 Å². The lowest BCUT2D eigenvalue weighted by molar-refractivity contribution is -0.137. The van der Waals surface area contributed by atoms with Gasteiger partial charge in [0, 0.05) is 36.9 Å². The summed E-state index contributed by atoms with van der Waals surface area (Å²) in [6.45, 7) is 7.69. The highest BCUT2D eigenvalue weighted by Gasteiger charge is 2.31. The van der Waals surface area contributed by atoms with Crippen LogP contribution in [-0.4, -0.2) is 42.6 Å². The second kappa shape index (κ2) is 8.68. The van der Waals surface area contributed by atoms with Crippen LogP contribution in [0.1, 0.15) is 45.1 Å². The topological polar surface area (TPSA) is 19.4 Å². The van der Waals surface area contributed by atoms with Crippen molar-refractivity contribution in [3.63, 3.8) is 0 Å². The van der Waals surface area contributed by atoms with Crippen LogP contribution in [0.25, 0.3) is 10.9 Å². The van der Waals surface area contributed by atoms with E-state index in [1.54, 1.807) is 12.3 Å². The smallest absolute Gasteiger partial charge is 0.370 e. The van der Waals surface area contributed by atoms with E-state index in [1.807, 2.05) is 6.07 Å². The number of likely N-dealkylation sites (N-methyl/N-ethyl adjacent to an activating group) is 1.